The summed E-state index contributed by atoms with van der Waals surface area (Å²) < 4.78 is 27.6. The Morgan fingerprint density at radius 2 is 1.81 bits per heavy atom. The molecule has 4 heterocycles. The van der Waals surface area contributed by atoms with Crippen LogP contribution in [0.3, 0.4) is 0 Å². The van der Waals surface area contributed by atoms with Crippen molar-refractivity contribution < 1.29 is 42.9 Å². The summed E-state index contributed by atoms with van der Waals surface area (Å²) in [6.07, 6.45) is 0.636. The molecule has 0 saturated carbocycles. The van der Waals surface area contributed by atoms with Crippen LogP contribution in [-0.4, -0.2) is 57.0 Å². The topological polar surface area (TPSA) is 207 Å². The van der Waals surface area contributed by atoms with Gasteiger partial charge in [0.15, 0.2) is 5.60 Å². The van der Waals surface area contributed by atoms with Gasteiger partial charge < -0.3 is 40.4 Å². The number of halogens is 1. The van der Waals surface area contributed by atoms with E-state index in [1.165, 1.54) is 10.6 Å². The summed E-state index contributed by atoms with van der Waals surface area (Å²) in [6, 6.07) is 7.85. The molecule has 0 saturated heterocycles. The van der Waals surface area contributed by atoms with E-state index in [1.54, 1.807) is 65.0 Å². The van der Waals surface area contributed by atoms with Crippen LogP contribution in [-0.2, 0) is 67.0 Å². The number of carbonyl (C=O) groups is 5. The molecule has 58 heavy (non-hydrogen) atoms. The number of hydrogen-bond acceptors (Lipinski definition) is 10. The lowest BCUT2D eigenvalue weighted by molar-refractivity contribution is -0.172. The molecule has 3 aliphatic rings. The van der Waals surface area contributed by atoms with E-state index < -0.39 is 59.0 Å². The van der Waals surface area contributed by atoms with E-state index in [0.29, 0.717) is 63.8 Å². The number of aliphatic hydroxyl groups is 1. The van der Waals surface area contributed by atoms with E-state index >= 15 is 4.39 Å². The Morgan fingerprint density at radius 1 is 1.09 bits per heavy atom. The Labute approximate surface area is 332 Å². The first-order chi connectivity index (χ1) is 27.7. The zero-order valence-corrected chi connectivity index (χ0v) is 32.8. The molecule has 4 amide bonds. The normalized spacial score (nSPS) is 18.6. The van der Waals surface area contributed by atoms with E-state index in [9.17, 15) is 33.9 Å². The predicted molar refractivity (Wildman–Crippen MR) is 207 cm³/mol. The first-order valence-electron chi connectivity index (χ1n) is 19.3. The highest BCUT2D eigenvalue weighted by molar-refractivity contribution is 5.94. The second-order valence-corrected chi connectivity index (χ2v) is 15.4. The fourth-order valence-corrected chi connectivity index (χ4v) is 8.14. The molecule has 0 unspecified atom stereocenters. The van der Waals surface area contributed by atoms with Gasteiger partial charge in [0.25, 0.3) is 5.56 Å². The molecule has 304 valence electrons. The lowest BCUT2D eigenvalue weighted by atomic mass is 9.81. The first kappa shape index (κ1) is 40.1. The number of aromatic nitrogens is 2. The van der Waals surface area contributed by atoms with Gasteiger partial charge in [0.2, 0.25) is 18.2 Å². The highest BCUT2D eigenvalue weighted by Gasteiger charge is 2.46. The number of amides is 4. The van der Waals surface area contributed by atoms with Gasteiger partial charge in [0, 0.05) is 29.1 Å². The number of ether oxygens (including phenoxy) is 2. The molecule has 2 aromatic heterocycles. The summed E-state index contributed by atoms with van der Waals surface area (Å²) in [6.45, 7) is 8.40. The number of aryl methyl sites for hydroxylation is 1. The third-order valence-electron chi connectivity index (χ3n) is 11.5. The molecule has 5 N–H and O–H groups in total. The Morgan fingerprint density at radius 3 is 2.50 bits per heavy atom. The van der Waals surface area contributed by atoms with Crippen LogP contribution in [0, 0.1) is 18.7 Å². The zero-order chi connectivity index (χ0) is 41.6. The lowest BCUT2D eigenvalue weighted by Crippen LogP contribution is -2.53. The van der Waals surface area contributed by atoms with Crippen LogP contribution in [0.15, 0.2) is 41.2 Å². The number of cyclic esters (lactones) is 1. The van der Waals surface area contributed by atoms with Gasteiger partial charge in [-0.25, -0.2) is 19.0 Å². The average Bonchev–Trinajstić information content (AvgIpc) is 3.57. The molecule has 0 fully saturated rings. The predicted octanol–water partition coefficient (Wildman–Crippen LogP) is 3.33. The maximum Gasteiger partial charge on any atom is 0.407 e. The van der Waals surface area contributed by atoms with Crippen molar-refractivity contribution in [2.75, 3.05) is 0 Å². The molecule has 2 aromatic carbocycles. The minimum Gasteiger partial charge on any atom is -0.458 e. The van der Waals surface area contributed by atoms with Crippen molar-refractivity contribution in [2.45, 2.75) is 104 Å². The van der Waals surface area contributed by atoms with E-state index in [1.807, 2.05) is 0 Å². The van der Waals surface area contributed by atoms with Crippen molar-refractivity contribution in [3.63, 3.8) is 0 Å². The minimum absolute atomic E-state index is 0.0142. The summed E-state index contributed by atoms with van der Waals surface area (Å²) in [5, 5.41) is 22.9. The molecule has 16 heteroatoms. The number of esters is 1. The molecule has 2 aliphatic heterocycles. The third-order valence-corrected chi connectivity index (χ3v) is 11.5. The van der Waals surface area contributed by atoms with E-state index in [4.69, 9.17) is 14.5 Å². The van der Waals surface area contributed by atoms with Crippen LogP contribution < -0.4 is 26.8 Å². The summed E-state index contributed by atoms with van der Waals surface area (Å²) in [5.74, 6) is -2.29. The van der Waals surface area contributed by atoms with Crippen LogP contribution in [0.2, 0.25) is 0 Å². The minimum atomic E-state index is -2.01. The van der Waals surface area contributed by atoms with Crippen molar-refractivity contribution in [2.24, 2.45) is 5.92 Å². The molecular formula is C42H45FN6O9. The van der Waals surface area contributed by atoms with Gasteiger partial charge in [0.05, 0.1) is 35.1 Å². The molecule has 4 atom stereocenters. The summed E-state index contributed by atoms with van der Waals surface area (Å²) in [5.41, 5.74) is 3.13. The van der Waals surface area contributed by atoms with Crippen LogP contribution in [0.1, 0.15) is 91.1 Å². The molecule has 1 aliphatic carbocycles. The van der Waals surface area contributed by atoms with Crippen molar-refractivity contribution >= 4 is 41.2 Å². The standard InChI is InChI=1S/C42H45FN6O9/c1-6-42(56)28-13-32-36-26(16-49(32)39(53)27(28)18-57-40(42)54)34-30(12-11-25-21(4)29(43)14-31(47-36)33(25)34)48-41(55)58-17-24-9-7-23(8-10-24)15-44-37(51)22(5)46-38(52)35(20(2)3)45-19-50/h7-10,13-14,19-20,22,30,35,56H,6,11-12,15-18H2,1-5H3,(H,44,51)(H,45,50)(H,46,52)(H,48,55)/t22-,30-,35-,42-/m0/s1. The number of alkyl carbamates (subject to hydrolysis) is 1. The fourth-order valence-electron chi connectivity index (χ4n) is 8.14. The lowest BCUT2D eigenvalue weighted by Gasteiger charge is -2.31. The number of nitrogens with one attached hydrogen (secondary N) is 4. The van der Waals surface area contributed by atoms with Crippen LogP contribution >= 0.6 is 0 Å². The van der Waals surface area contributed by atoms with Gasteiger partial charge in [-0.2, -0.15) is 0 Å². The zero-order valence-electron chi connectivity index (χ0n) is 32.8. The number of rotatable bonds is 12. The monoisotopic (exact) mass is 796 g/mol. The van der Waals surface area contributed by atoms with Gasteiger partial charge in [-0.15, -0.1) is 0 Å². The largest absolute Gasteiger partial charge is 0.458 e. The van der Waals surface area contributed by atoms with Crippen LogP contribution in [0.25, 0.3) is 22.3 Å². The van der Waals surface area contributed by atoms with E-state index in [0.717, 1.165) is 11.1 Å². The summed E-state index contributed by atoms with van der Waals surface area (Å²) in [4.78, 5) is 80.8. The van der Waals surface area contributed by atoms with Crippen LogP contribution in [0.4, 0.5) is 9.18 Å². The second-order valence-electron chi connectivity index (χ2n) is 15.4. The molecule has 0 radical (unpaired) electrons. The van der Waals surface area contributed by atoms with Gasteiger partial charge in [-0.1, -0.05) is 45.0 Å². The number of fused-ring (bicyclic) bond motifs is 5. The Balaban J connectivity index is 1.06. The highest BCUT2D eigenvalue weighted by atomic mass is 19.1. The smallest absolute Gasteiger partial charge is 0.407 e. The number of benzene rings is 2. The third kappa shape index (κ3) is 7.05. The van der Waals surface area contributed by atoms with Crippen molar-refractivity contribution in [1.82, 2.24) is 30.8 Å². The number of nitrogens with zero attached hydrogens (tertiary/aromatic N) is 2. The maximum atomic E-state index is 15.3. The van der Waals surface area contributed by atoms with Gasteiger partial charge in [-0.3, -0.25) is 19.2 Å². The fraction of sp³-hybridized carbons (Fsp3) is 0.405. The quantitative estimate of drug-likeness (QED) is 0.0920. The Hall–Kier alpha value is -6.16. The molecular weight excluding hydrogens is 751 g/mol. The van der Waals surface area contributed by atoms with Crippen molar-refractivity contribution in [3.8, 4) is 11.4 Å². The number of pyridine rings is 2. The molecule has 15 nitrogen and oxygen atoms in total. The Kier molecular flexibility index (Phi) is 10.8. The molecule has 4 aromatic rings. The second kappa shape index (κ2) is 15.6. The summed E-state index contributed by atoms with van der Waals surface area (Å²) in [7, 11) is 0. The molecule has 7 rings (SSSR count). The van der Waals surface area contributed by atoms with Crippen LogP contribution in [0.5, 0.6) is 0 Å². The molecule has 0 spiro atoms. The maximum absolute atomic E-state index is 15.3. The number of hydrogen-bond donors (Lipinski definition) is 5. The first-order valence-corrected chi connectivity index (χ1v) is 19.3. The molecule has 0 bridgehead atoms. The SMILES string of the molecule is CC[C@@]1(O)C(=O)OCc2c1cc1n(c2=O)Cc2c-1nc1cc(F)c(C)c3c1c2[C@@H](NC(=O)OCc1ccc(CNC(=O)[C@H](C)NC(=O)[C@@H](NC=O)C(C)C)cc1)CC3. The van der Waals surface area contributed by atoms with Gasteiger partial charge in [-0.05, 0) is 72.9 Å². The van der Waals surface area contributed by atoms with Crippen molar-refractivity contribution in [1.29, 1.82) is 0 Å². The van der Waals surface area contributed by atoms with E-state index in [-0.39, 0.29) is 49.8 Å². The highest BCUT2D eigenvalue weighted by Crippen LogP contribution is 2.46. The Bertz CT molecular complexity index is 2430. The average molecular weight is 797 g/mol. The summed E-state index contributed by atoms with van der Waals surface area (Å²) >= 11 is 0. The van der Waals surface area contributed by atoms with Gasteiger partial charge >= 0.3 is 12.1 Å². The van der Waals surface area contributed by atoms with E-state index in [2.05, 4.69) is 21.3 Å². The van der Waals surface area contributed by atoms with Crippen molar-refractivity contribution in [3.05, 3.63) is 97.1 Å². The number of carbonyl (C=O) groups excluding carboxylic acids is 5. The van der Waals surface area contributed by atoms with Gasteiger partial charge in [0.1, 0.15) is 31.1 Å².